The summed E-state index contributed by atoms with van der Waals surface area (Å²) >= 11 is 5.68. The maximum atomic E-state index is 13.2. The first-order chi connectivity index (χ1) is 12.4. The van der Waals surface area contributed by atoms with Crippen molar-refractivity contribution in [3.8, 4) is 0 Å². The Hall–Kier alpha value is -2.04. The highest BCUT2D eigenvalue weighted by Crippen LogP contribution is 2.23. The highest BCUT2D eigenvalue weighted by Gasteiger charge is 2.30. The molecule has 3 rings (SSSR count). The summed E-state index contributed by atoms with van der Waals surface area (Å²) in [5.41, 5.74) is 0. The van der Waals surface area contributed by atoms with Crippen molar-refractivity contribution in [3.05, 3.63) is 41.7 Å². The monoisotopic (exact) mass is 401 g/mol. The number of aryl methyl sites for hydroxylation is 1. The molecule has 1 aromatic heterocycles. The second-order valence-electron chi connectivity index (χ2n) is 5.77. The molecule has 1 saturated heterocycles. The normalized spacial score (nSPS) is 16.0. The largest absolute Gasteiger partial charge is 0.340 e. The number of carbonyl (C=O) groups excluding carboxylic acids is 1. The van der Waals surface area contributed by atoms with E-state index in [0.29, 0.717) is 19.6 Å². The molecule has 0 atom stereocenters. The van der Waals surface area contributed by atoms with Crippen molar-refractivity contribution in [2.24, 2.45) is 0 Å². The number of amides is 1. The first-order valence-electron chi connectivity index (χ1n) is 7.93. The minimum Gasteiger partial charge on any atom is -0.340 e. The number of hydrogen-bond donors (Lipinski definition) is 0. The molecule has 0 bridgehead atoms. The Labute approximate surface area is 155 Å². The fraction of sp³-hybridized carbons (Fsp3) is 0.400. The van der Waals surface area contributed by atoms with Crippen LogP contribution in [0.4, 0.5) is 4.39 Å². The molecule has 8 nitrogen and oxygen atoms in total. The summed E-state index contributed by atoms with van der Waals surface area (Å²) in [6, 6.07) is 3.31. The molecule has 1 aliphatic heterocycles. The van der Waals surface area contributed by atoms with Crippen LogP contribution in [0.2, 0.25) is 5.02 Å². The van der Waals surface area contributed by atoms with Crippen LogP contribution in [0.1, 0.15) is 6.42 Å². The minimum absolute atomic E-state index is 0.0603. The molecule has 2 heterocycles. The lowest BCUT2D eigenvalue weighted by Gasteiger charge is -2.34. The molecule has 0 radical (unpaired) electrons. The molecule has 2 aromatic rings. The third-order valence-electron chi connectivity index (χ3n) is 4.14. The molecule has 1 fully saturated rings. The number of carbonyl (C=O) groups is 1. The molecule has 26 heavy (non-hydrogen) atoms. The van der Waals surface area contributed by atoms with Crippen LogP contribution in [0.25, 0.3) is 0 Å². The SMILES string of the molecule is O=C(CCn1cncn1)N1CCN(S(=O)(=O)c2ccc(F)c(Cl)c2)CC1. The maximum Gasteiger partial charge on any atom is 0.243 e. The Bertz CT molecular complexity index is 883. The van der Waals surface area contributed by atoms with Crippen molar-refractivity contribution in [2.75, 3.05) is 26.2 Å². The van der Waals surface area contributed by atoms with Gasteiger partial charge in [0.2, 0.25) is 15.9 Å². The molecule has 1 amide bonds. The number of rotatable bonds is 5. The van der Waals surface area contributed by atoms with Crippen molar-refractivity contribution >= 4 is 27.5 Å². The molecule has 11 heteroatoms. The number of benzene rings is 1. The van der Waals surface area contributed by atoms with Crippen LogP contribution in [0.15, 0.2) is 35.7 Å². The summed E-state index contributed by atoms with van der Waals surface area (Å²) in [6.45, 7) is 1.36. The Balaban J connectivity index is 1.58. The van der Waals surface area contributed by atoms with Crippen LogP contribution < -0.4 is 0 Å². The van der Waals surface area contributed by atoms with Gasteiger partial charge in [-0.1, -0.05) is 11.6 Å². The smallest absolute Gasteiger partial charge is 0.243 e. The van der Waals surface area contributed by atoms with Gasteiger partial charge in [-0.25, -0.2) is 17.8 Å². The predicted molar refractivity (Wildman–Crippen MR) is 91.4 cm³/mol. The van der Waals surface area contributed by atoms with Gasteiger partial charge in [-0.3, -0.25) is 9.48 Å². The highest BCUT2D eigenvalue weighted by atomic mass is 35.5. The molecule has 0 saturated carbocycles. The lowest BCUT2D eigenvalue weighted by molar-refractivity contribution is -0.132. The van der Waals surface area contributed by atoms with Gasteiger partial charge in [0.05, 0.1) is 16.5 Å². The van der Waals surface area contributed by atoms with Gasteiger partial charge in [0.15, 0.2) is 0 Å². The van der Waals surface area contributed by atoms with Gasteiger partial charge < -0.3 is 4.90 Å². The fourth-order valence-corrected chi connectivity index (χ4v) is 4.37. The first-order valence-corrected chi connectivity index (χ1v) is 9.75. The molecule has 140 valence electrons. The average molecular weight is 402 g/mol. The Morgan fingerprint density at radius 1 is 1.23 bits per heavy atom. The van der Waals surface area contributed by atoms with Crippen LogP contribution in [0.5, 0.6) is 0 Å². The molecular formula is C15H17ClFN5O3S. The number of piperazine rings is 1. The molecular weight excluding hydrogens is 385 g/mol. The Morgan fingerprint density at radius 2 is 1.96 bits per heavy atom. The third kappa shape index (κ3) is 4.02. The molecule has 0 unspecified atom stereocenters. The van der Waals surface area contributed by atoms with E-state index in [1.54, 1.807) is 9.58 Å². The summed E-state index contributed by atoms with van der Waals surface area (Å²) in [7, 11) is -3.78. The van der Waals surface area contributed by atoms with E-state index in [2.05, 4.69) is 10.1 Å². The van der Waals surface area contributed by atoms with E-state index in [9.17, 15) is 17.6 Å². The zero-order valence-electron chi connectivity index (χ0n) is 13.8. The molecule has 1 aliphatic rings. The summed E-state index contributed by atoms with van der Waals surface area (Å²) in [5.74, 6) is -0.740. The van der Waals surface area contributed by atoms with Crippen molar-refractivity contribution in [1.82, 2.24) is 24.0 Å². The van der Waals surface area contributed by atoms with Crippen LogP contribution >= 0.6 is 11.6 Å². The van der Waals surface area contributed by atoms with Crippen LogP contribution in [-0.4, -0.2) is 64.5 Å². The summed E-state index contributed by atoms with van der Waals surface area (Å²) in [5, 5.41) is 3.69. The average Bonchev–Trinajstić information content (AvgIpc) is 3.15. The topological polar surface area (TPSA) is 88.4 Å². The van der Waals surface area contributed by atoms with E-state index in [4.69, 9.17) is 11.6 Å². The minimum atomic E-state index is -3.78. The van der Waals surface area contributed by atoms with Crippen molar-refractivity contribution in [3.63, 3.8) is 0 Å². The second-order valence-corrected chi connectivity index (χ2v) is 8.11. The summed E-state index contributed by atoms with van der Waals surface area (Å²) in [6.07, 6.45) is 3.20. The van der Waals surface area contributed by atoms with Gasteiger partial charge in [0, 0.05) is 32.6 Å². The lowest BCUT2D eigenvalue weighted by Crippen LogP contribution is -2.50. The molecule has 0 aliphatic carbocycles. The summed E-state index contributed by atoms with van der Waals surface area (Å²) in [4.78, 5) is 17.6. The first kappa shape index (κ1) is 18.7. The number of halogens is 2. The standard InChI is InChI=1S/C15H17ClFN5O3S/c16-13-9-12(1-2-14(13)17)26(24,25)22-7-5-20(6-8-22)15(23)3-4-21-11-18-10-19-21/h1-2,9-11H,3-8H2. The fourth-order valence-electron chi connectivity index (χ4n) is 2.68. The van der Waals surface area contributed by atoms with Crippen molar-refractivity contribution in [2.45, 2.75) is 17.9 Å². The maximum absolute atomic E-state index is 13.2. The van der Waals surface area contributed by atoms with E-state index >= 15 is 0 Å². The van der Waals surface area contributed by atoms with E-state index in [1.807, 2.05) is 0 Å². The second kappa shape index (κ2) is 7.68. The number of nitrogens with zero attached hydrogens (tertiary/aromatic N) is 5. The van der Waals surface area contributed by atoms with Gasteiger partial charge in [-0.15, -0.1) is 0 Å². The molecule has 0 spiro atoms. The van der Waals surface area contributed by atoms with Crippen molar-refractivity contribution in [1.29, 1.82) is 0 Å². The van der Waals surface area contributed by atoms with E-state index < -0.39 is 15.8 Å². The molecule has 0 N–H and O–H groups in total. The van der Waals surface area contributed by atoms with Crippen molar-refractivity contribution < 1.29 is 17.6 Å². The Morgan fingerprint density at radius 3 is 2.58 bits per heavy atom. The number of aromatic nitrogens is 3. The Kier molecular flexibility index (Phi) is 5.54. The highest BCUT2D eigenvalue weighted by molar-refractivity contribution is 7.89. The van der Waals surface area contributed by atoms with E-state index in [0.717, 1.165) is 12.1 Å². The predicted octanol–water partition coefficient (Wildman–Crippen LogP) is 0.994. The van der Waals surface area contributed by atoms with Crippen LogP contribution in [0.3, 0.4) is 0 Å². The third-order valence-corrected chi connectivity index (χ3v) is 6.33. The quantitative estimate of drug-likeness (QED) is 0.745. The number of sulfonamides is 1. The zero-order valence-corrected chi connectivity index (χ0v) is 15.3. The number of hydrogen-bond acceptors (Lipinski definition) is 5. The van der Waals surface area contributed by atoms with Gasteiger partial charge in [-0.2, -0.15) is 9.40 Å². The zero-order chi connectivity index (χ0) is 18.7. The van der Waals surface area contributed by atoms with Crippen LogP contribution in [-0.2, 0) is 21.4 Å². The summed E-state index contributed by atoms with van der Waals surface area (Å²) < 4.78 is 41.4. The van der Waals surface area contributed by atoms with Crippen LogP contribution in [0, 0.1) is 5.82 Å². The van der Waals surface area contributed by atoms with Gasteiger partial charge in [0.1, 0.15) is 18.5 Å². The van der Waals surface area contributed by atoms with Gasteiger partial charge in [0.25, 0.3) is 0 Å². The van der Waals surface area contributed by atoms with E-state index in [-0.39, 0.29) is 35.3 Å². The molecule has 1 aromatic carbocycles. The lowest BCUT2D eigenvalue weighted by atomic mass is 10.3. The van der Waals surface area contributed by atoms with Gasteiger partial charge in [-0.05, 0) is 18.2 Å². The van der Waals surface area contributed by atoms with Gasteiger partial charge >= 0.3 is 0 Å². The van der Waals surface area contributed by atoms with E-state index in [1.165, 1.54) is 23.0 Å².